The first-order chi connectivity index (χ1) is 8.56. The van der Waals surface area contributed by atoms with Gasteiger partial charge in [0, 0.05) is 9.77 Å². The van der Waals surface area contributed by atoms with Gasteiger partial charge in [-0.15, -0.1) is 13.2 Å². The van der Waals surface area contributed by atoms with E-state index in [0.29, 0.717) is 0 Å². The lowest BCUT2D eigenvalue weighted by Crippen LogP contribution is -2.22. The molecule has 0 aliphatic heterocycles. The Morgan fingerprint density at radius 3 is 2.26 bits per heavy atom. The van der Waals surface area contributed by atoms with E-state index in [0.717, 1.165) is 6.20 Å². The van der Waals surface area contributed by atoms with E-state index in [1.807, 2.05) is 0 Å². The van der Waals surface area contributed by atoms with Crippen molar-refractivity contribution in [2.24, 2.45) is 0 Å². The van der Waals surface area contributed by atoms with Gasteiger partial charge in [0.2, 0.25) is 0 Å². The molecule has 0 saturated carbocycles. The van der Waals surface area contributed by atoms with E-state index >= 15 is 0 Å². The second-order valence-corrected chi connectivity index (χ2v) is 4.30. The van der Waals surface area contributed by atoms with Crippen LogP contribution in [0.4, 0.5) is 26.3 Å². The highest BCUT2D eigenvalue weighted by atomic mass is 127. The summed E-state index contributed by atoms with van der Waals surface area (Å²) in [5.74, 6) is -1.48. The number of aromatic nitrogens is 1. The minimum absolute atomic E-state index is 0.550. The number of hydrogen-bond donors (Lipinski definition) is 0. The second kappa shape index (κ2) is 5.40. The average molecular weight is 396 g/mol. The van der Waals surface area contributed by atoms with Crippen LogP contribution in [0.3, 0.4) is 0 Å². The minimum Gasteiger partial charge on any atom is -0.403 e. The van der Waals surface area contributed by atoms with Crippen LogP contribution >= 0.6 is 22.6 Å². The molecule has 0 amide bonds. The topological polar surface area (TPSA) is 45.9 Å². The van der Waals surface area contributed by atoms with Gasteiger partial charge in [-0.1, -0.05) is 0 Å². The lowest BCUT2D eigenvalue weighted by molar-refractivity contribution is -0.276. The highest BCUT2D eigenvalue weighted by Crippen LogP contribution is 2.42. The standard InChI is InChI=1S/C9H3F6IN2O/c10-8(11,12)6-4(16)3-18-5(1-2-17)7(6)19-9(13,14)15/h3H,1H2. The van der Waals surface area contributed by atoms with Crippen LogP contribution in [0, 0.1) is 14.9 Å². The van der Waals surface area contributed by atoms with Crippen LogP contribution in [-0.4, -0.2) is 11.3 Å². The number of hydrogen-bond acceptors (Lipinski definition) is 3. The molecule has 19 heavy (non-hydrogen) atoms. The molecular formula is C9H3F6IN2O. The lowest BCUT2D eigenvalue weighted by Gasteiger charge is -2.18. The zero-order valence-electron chi connectivity index (χ0n) is 8.73. The molecule has 0 radical (unpaired) electrons. The summed E-state index contributed by atoms with van der Waals surface area (Å²) in [5.41, 5.74) is -2.31. The van der Waals surface area contributed by atoms with Gasteiger partial charge in [-0.25, -0.2) is 0 Å². The number of halogens is 7. The van der Waals surface area contributed by atoms with Crippen LogP contribution < -0.4 is 4.74 Å². The van der Waals surface area contributed by atoms with Crippen molar-refractivity contribution in [1.82, 2.24) is 4.98 Å². The van der Waals surface area contributed by atoms with Crippen molar-refractivity contribution in [1.29, 1.82) is 5.26 Å². The molecule has 0 spiro atoms. The van der Waals surface area contributed by atoms with Crippen molar-refractivity contribution in [3.63, 3.8) is 0 Å². The first kappa shape index (κ1) is 15.8. The summed E-state index contributed by atoms with van der Waals surface area (Å²) in [6, 6.07) is 1.43. The van der Waals surface area contributed by atoms with E-state index < -0.39 is 39.5 Å². The van der Waals surface area contributed by atoms with Gasteiger partial charge in [0.1, 0.15) is 5.56 Å². The Morgan fingerprint density at radius 2 is 1.84 bits per heavy atom. The minimum atomic E-state index is -5.31. The third-order valence-corrected chi connectivity index (χ3v) is 2.63. The fourth-order valence-electron chi connectivity index (χ4n) is 1.20. The van der Waals surface area contributed by atoms with Crippen LogP contribution in [0.25, 0.3) is 0 Å². The molecule has 0 saturated heterocycles. The fourth-order valence-corrected chi connectivity index (χ4v) is 1.89. The summed E-state index contributed by atoms with van der Waals surface area (Å²) in [6.07, 6.45) is -10.4. The Hall–Kier alpha value is -1.25. The zero-order chi connectivity index (χ0) is 14.8. The van der Waals surface area contributed by atoms with Crippen LogP contribution in [-0.2, 0) is 12.6 Å². The predicted molar refractivity (Wildman–Crippen MR) is 58.0 cm³/mol. The van der Waals surface area contributed by atoms with Crippen molar-refractivity contribution in [2.75, 3.05) is 0 Å². The van der Waals surface area contributed by atoms with E-state index in [-0.39, 0.29) is 0 Å². The summed E-state index contributed by atoms with van der Waals surface area (Å²) >= 11 is 1.20. The van der Waals surface area contributed by atoms with Crippen LogP contribution in [0.5, 0.6) is 5.75 Å². The van der Waals surface area contributed by atoms with Crippen molar-refractivity contribution in [3.05, 3.63) is 21.0 Å². The van der Waals surface area contributed by atoms with Gasteiger partial charge in [0.25, 0.3) is 0 Å². The molecule has 0 fully saturated rings. The van der Waals surface area contributed by atoms with Gasteiger partial charge >= 0.3 is 12.5 Å². The molecule has 0 aliphatic carbocycles. The summed E-state index contributed by atoms with van der Waals surface area (Å²) in [5, 5.41) is 8.40. The van der Waals surface area contributed by atoms with Gasteiger partial charge in [-0.2, -0.15) is 18.4 Å². The van der Waals surface area contributed by atoms with Crippen molar-refractivity contribution in [2.45, 2.75) is 19.0 Å². The maximum absolute atomic E-state index is 12.7. The van der Waals surface area contributed by atoms with Gasteiger partial charge in [-0.3, -0.25) is 4.98 Å². The first-order valence-corrected chi connectivity index (χ1v) is 5.51. The fraction of sp³-hybridized carbons (Fsp3) is 0.333. The number of ether oxygens (including phenoxy) is 1. The van der Waals surface area contributed by atoms with Crippen LogP contribution in [0.15, 0.2) is 6.20 Å². The molecule has 1 aromatic rings. The Balaban J connectivity index is 3.51. The predicted octanol–water partition coefficient (Wildman–Crippen LogP) is 3.67. The van der Waals surface area contributed by atoms with Crippen LogP contribution in [0.2, 0.25) is 0 Å². The zero-order valence-corrected chi connectivity index (χ0v) is 10.9. The SMILES string of the molecule is N#CCc1ncc(I)c(C(F)(F)F)c1OC(F)(F)F. The molecule has 0 unspecified atom stereocenters. The molecule has 3 nitrogen and oxygen atoms in total. The molecule has 10 heteroatoms. The molecule has 0 bridgehead atoms. The van der Waals surface area contributed by atoms with Crippen molar-refractivity contribution in [3.8, 4) is 11.8 Å². The van der Waals surface area contributed by atoms with E-state index in [4.69, 9.17) is 5.26 Å². The number of alkyl halides is 6. The molecular weight excluding hydrogens is 393 g/mol. The third-order valence-electron chi connectivity index (χ3n) is 1.81. The second-order valence-electron chi connectivity index (χ2n) is 3.14. The Bertz CT molecular complexity index is 519. The molecule has 1 aromatic heterocycles. The monoisotopic (exact) mass is 396 g/mol. The summed E-state index contributed by atoms with van der Waals surface area (Å²) < 4.78 is 77.5. The molecule has 0 atom stereocenters. The van der Waals surface area contributed by atoms with Gasteiger partial charge in [-0.05, 0) is 22.6 Å². The quantitative estimate of drug-likeness (QED) is 0.567. The number of pyridine rings is 1. The summed E-state index contributed by atoms with van der Waals surface area (Å²) in [4.78, 5) is 3.37. The van der Waals surface area contributed by atoms with E-state index in [1.54, 1.807) is 0 Å². The molecule has 0 N–H and O–H groups in total. The highest BCUT2D eigenvalue weighted by Gasteiger charge is 2.42. The smallest absolute Gasteiger partial charge is 0.403 e. The Labute approximate surface area is 116 Å². The van der Waals surface area contributed by atoms with Gasteiger partial charge in [0.05, 0.1) is 18.2 Å². The van der Waals surface area contributed by atoms with E-state index in [9.17, 15) is 26.3 Å². The highest BCUT2D eigenvalue weighted by molar-refractivity contribution is 14.1. The van der Waals surface area contributed by atoms with Gasteiger partial charge < -0.3 is 4.74 Å². The first-order valence-electron chi connectivity index (χ1n) is 4.43. The number of nitriles is 1. The van der Waals surface area contributed by atoms with Crippen LogP contribution in [0.1, 0.15) is 11.3 Å². The largest absolute Gasteiger partial charge is 0.573 e. The molecule has 0 aliphatic rings. The molecule has 0 aromatic carbocycles. The maximum atomic E-state index is 12.7. The number of nitrogens with zero attached hydrogens (tertiary/aromatic N) is 2. The maximum Gasteiger partial charge on any atom is 0.573 e. The summed E-state index contributed by atoms with van der Waals surface area (Å²) in [6.45, 7) is 0. The summed E-state index contributed by atoms with van der Waals surface area (Å²) in [7, 11) is 0. The average Bonchev–Trinajstić information content (AvgIpc) is 2.18. The van der Waals surface area contributed by atoms with Crippen molar-refractivity contribution < 1.29 is 31.1 Å². The van der Waals surface area contributed by atoms with E-state index in [1.165, 1.54) is 28.7 Å². The van der Waals surface area contributed by atoms with Crippen molar-refractivity contribution >= 4 is 22.6 Å². The molecule has 1 rings (SSSR count). The molecule has 1 heterocycles. The molecule has 104 valence electrons. The normalized spacial score (nSPS) is 12.1. The number of rotatable bonds is 2. The Kier molecular flexibility index (Phi) is 4.49. The third kappa shape index (κ3) is 4.12. The van der Waals surface area contributed by atoms with Gasteiger partial charge in [0.15, 0.2) is 5.75 Å². The lowest BCUT2D eigenvalue weighted by atomic mass is 10.1. The Morgan fingerprint density at radius 1 is 1.26 bits per heavy atom. The van der Waals surface area contributed by atoms with E-state index in [2.05, 4.69) is 9.72 Å².